The van der Waals surface area contributed by atoms with Crippen LogP contribution >= 0.6 is 34.8 Å². The van der Waals surface area contributed by atoms with E-state index in [1.807, 2.05) is 12.1 Å². The minimum Gasteiger partial charge on any atom is -0.497 e. The van der Waals surface area contributed by atoms with E-state index in [9.17, 15) is 14.7 Å². The van der Waals surface area contributed by atoms with Crippen molar-refractivity contribution in [3.63, 3.8) is 0 Å². The molecule has 4 rings (SSSR count). The van der Waals surface area contributed by atoms with Gasteiger partial charge < -0.3 is 15.2 Å². The summed E-state index contributed by atoms with van der Waals surface area (Å²) in [6.07, 6.45) is -0.436. The highest BCUT2D eigenvalue weighted by Crippen LogP contribution is 2.34. The van der Waals surface area contributed by atoms with E-state index in [2.05, 4.69) is 10.4 Å². The van der Waals surface area contributed by atoms with Crippen LogP contribution in [0, 0.1) is 0 Å². The minimum atomic E-state index is -1.11. The van der Waals surface area contributed by atoms with Gasteiger partial charge >= 0.3 is 5.97 Å². The Morgan fingerprint density at radius 3 is 2.25 bits per heavy atom. The summed E-state index contributed by atoms with van der Waals surface area (Å²) in [4.78, 5) is 25.1. The lowest BCUT2D eigenvalue weighted by molar-refractivity contribution is -0.136. The number of carboxylic acid groups (broad SMARTS) is 1. The van der Waals surface area contributed by atoms with Gasteiger partial charge in [0.25, 0.3) is 5.91 Å². The van der Waals surface area contributed by atoms with E-state index in [1.165, 1.54) is 4.68 Å². The number of carbonyl (C=O) groups is 2. The van der Waals surface area contributed by atoms with Crippen molar-refractivity contribution in [2.45, 2.75) is 13.0 Å². The number of aromatic nitrogens is 2. The van der Waals surface area contributed by atoms with Gasteiger partial charge in [-0.05, 0) is 48.0 Å². The zero-order chi connectivity index (χ0) is 25.8. The fourth-order valence-electron chi connectivity index (χ4n) is 3.69. The van der Waals surface area contributed by atoms with Crippen molar-refractivity contribution in [2.24, 2.45) is 0 Å². The van der Waals surface area contributed by atoms with E-state index in [4.69, 9.17) is 39.5 Å². The van der Waals surface area contributed by atoms with Crippen LogP contribution in [0.5, 0.6) is 5.75 Å². The molecule has 0 saturated heterocycles. The van der Waals surface area contributed by atoms with E-state index >= 15 is 0 Å². The average Bonchev–Trinajstić information content (AvgIpc) is 3.21. The molecule has 0 aliphatic carbocycles. The number of nitrogens with one attached hydrogen (secondary N) is 1. The van der Waals surface area contributed by atoms with E-state index < -0.39 is 18.3 Å². The first kappa shape index (κ1) is 25.6. The SMILES string of the molecule is COc1ccc(CNC(=O)c2nn(-c3ccc(Cl)cc3Cl)c(-c3ccc(Cl)cc3)c2CC(=O)O)cc1. The first-order chi connectivity index (χ1) is 17.3. The third-order valence-electron chi connectivity index (χ3n) is 5.39. The molecule has 1 amide bonds. The predicted octanol–water partition coefficient (Wildman–Crippen LogP) is 6.07. The van der Waals surface area contributed by atoms with Crippen molar-refractivity contribution in [2.75, 3.05) is 7.11 Å². The summed E-state index contributed by atoms with van der Waals surface area (Å²) in [6.45, 7) is 0.209. The topological polar surface area (TPSA) is 93.5 Å². The molecule has 0 spiro atoms. The van der Waals surface area contributed by atoms with Crippen molar-refractivity contribution < 1.29 is 19.4 Å². The van der Waals surface area contributed by atoms with Crippen LogP contribution in [0.4, 0.5) is 0 Å². The molecule has 0 fully saturated rings. The fraction of sp³-hybridized carbons (Fsp3) is 0.115. The van der Waals surface area contributed by atoms with Crippen LogP contribution in [0.2, 0.25) is 15.1 Å². The number of aliphatic carboxylic acids is 1. The van der Waals surface area contributed by atoms with Gasteiger partial charge in [-0.3, -0.25) is 9.59 Å². The molecule has 0 unspecified atom stereocenters. The number of carbonyl (C=O) groups excluding carboxylic acids is 1. The van der Waals surface area contributed by atoms with Gasteiger partial charge in [-0.1, -0.05) is 59.1 Å². The average molecular weight is 545 g/mol. The van der Waals surface area contributed by atoms with Crippen molar-refractivity contribution in [1.82, 2.24) is 15.1 Å². The number of nitrogens with zero attached hydrogens (tertiary/aromatic N) is 2. The second-order valence-corrected chi connectivity index (χ2v) is 9.07. The lowest BCUT2D eigenvalue weighted by Gasteiger charge is -2.11. The molecule has 3 aromatic carbocycles. The first-order valence-electron chi connectivity index (χ1n) is 10.7. The Balaban J connectivity index is 1.81. The minimum absolute atomic E-state index is 0.0260. The largest absolute Gasteiger partial charge is 0.497 e. The molecule has 10 heteroatoms. The summed E-state index contributed by atoms with van der Waals surface area (Å²) in [7, 11) is 1.57. The van der Waals surface area contributed by atoms with Gasteiger partial charge in [-0.15, -0.1) is 0 Å². The molecule has 0 saturated carbocycles. The van der Waals surface area contributed by atoms with Gasteiger partial charge in [0.15, 0.2) is 5.69 Å². The van der Waals surface area contributed by atoms with Gasteiger partial charge in [-0.2, -0.15) is 5.10 Å². The van der Waals surface area contributed by atoms with E-state index in [0.29, 0.717) is 32.7 Å². The summed E-state index contributed by atoms with van der Waals surface area (Å²) >= 11 is 18.6. The van der Waals surface area contributed by atoms with Gasteiger partial charge in [0, 0.05) is 27.7 Å². The number of hydrogen-bond acceptors (Lipinski definition) is 4. The maximum Gasteiger partial charge on any atom is 0.307 e. The normalized spacial score (nSPS) is 10.8. The first-order valence-corrected chi connectivity index (χ1v) is 11.9. The van der Waals surface area contributed by atoms with Crippen LogP contribution in [0.1, 0.15) is 21.6 Å². The van der Waals surface area contributed by atoms with E-state index in [0.717, 1.165) is 5.56 Å². The van der Waals surface area contributed by atoms with Crippen LogP contribution in [-0.4, -0.2) is 33.9 Å². The van der Waals surface area contributed by atoms with Crippen molar-refractivity contribution in [3.05, 3.63) is 98.6 Å². The van der Waals surface area contributed by atoms with Crippen LogP contribution in [0.25, 0.3) is 16.9 Å². The smallest absolute Gasteiger partial charge is 0.307 e. The Morgan fingerprint density at radius 2 is 1.64 bits per heavy atom. The van der Waals surface area contributed by atoms with Crippen LogP contribution in [-0.2, 0) is 17.8 Å². The molecule has 1 aromatic heterocycles. The Bertz CT molecular complexity index is 1420. The Hall–Kier alpha value is -3.52. The zero-order valence-corrected chi connectivity index (χ0v) is 21.2. The van der Waals surface area contributed by atoms with Gasteiger partial charge in [0.2, 0.25) is 0 Å². The maximum atomic E-state index is 13.3. The number of amides is 1. The summed E-state index contributed by atoms with van der Waals surface area (Å²) in [5.41, 5.74) is 2.51. The molecule has 0 aliphatic rings. The van der Waals surface area contributed by atoms with E-state index in [1.54, 1.807) is 61.7 Å². The molecule has 184 valence electrons. The Labute approximate surface area is 222 Å². The maximum absolute atomic E-state index is 13.3. The van der Waals surface area contributed by atoms with Crippen LogP contribution in [0.3, 0.4) is 0 Å². The highest BCUT2D eigenvalue weighted by molar-refractivity contribution is 6.35. The molecule has 2 N–H and O–H groups in total. The van der Waals surface area contributed by atoms with Crippen molar-refractivity contribution >= 4 is 46.7 Å². The molecule has 0 aliphatic heterocycles. The summed E-state index contributed by atoms with van der Waals surface area (Å²) in [5, 5.41) is 18.2. The van der Waals surface area contributed by atoms with Gasteiger partial charge in [0.1, 0.15) is 5.75 Å². The molecular weight excluding hydrogens is 525 g/mol. The standard InChI is InChI=1S/C26H20Cl3N3O4/c1-36-19-9-2-15(3-10-19)14-30-26(35)24-20(13-23(33)34)25(16-4-6-17(27)7-5-16)32(31-24)22-11-8-18(28)12-21(22)29/h2-12H,13-14H2,1H3,(H,30,35)(H,33,34). The van der Waals surface area contributed by atoms with Crippen LogP contribution in [0.15, 0.2) is 66.7 Å². The number of halogens is 3. The number of benzene rings is 3. The monoisotopic (exact) mass is 543 g/mol. The third-order valence-corrected chi connectivity index (χ3v) is 6.18. The second kappa shape index (κ2) is 11.0. The Morgan fingerprint density at radius 1 is 0.972 bits per heavy atom. The number of methoxy groups -OCH3 is 1. The molecule has 0 radical (unpaired) electrons. The fourth-order valence-corrected chi connectivity index (χ4v) is 4.31. The summed E-state index contributed by atoms with van der Waals surface area (Å²) in [5.74, 6) is -0.947. The molecule has 4 aromatic rings. The van der Waals surface area contributed by atoms with Crippen LogP contribution < -0.4 is 10.1 Å². The molecule has 7 nitrogen and oxygen atoms in total. The molecule has 0 atom stereocenters. The number of hydrogen-bond donors (Lipinski definition) is 2. The number of ether oxygens (including phenoxy) is 1. The molecule has 0 bridgehead atoms. The quantitative estimate of drug-likeness (QED) is 0.281. The van der Waals surface area contributed by atoms with Gasteiger partial charge in [0.05, 0.1) is 29.9 Å². The van der Waals surface area contributed by atoms with Crippen molar-refractivity contribution in [1.29, 1.82) is 0 Å². The lowest BCUT2D eigenvalue weighted by atomic mass is 10.0. The summed E-state index contributed by atoms with van der Waals surface area (Å²) in [6, 6.07) is 18.8. The predicted molar refractivity (Wildman–Crippen MR) is 140 cm³/mol. The number of carboxylic acids is 1. The second-order valence-electron chi connectivity index (χ2n) is 7.79. The third kappa shape index (κ3) is 5.65. The highest BCUT2D eigenvalue weighted by atomic mass is 35.5. The molecule has 1 heterocycles. The van der Waals surface area contributed by atoms with Gasteiger partial charge in [-0.25, -0.2) is 4.68 Å². The van der Waals surface area contributed by atoms with E-state index in [-0.39, 0.29) is 22.8 Å². The lowest BCUT2D eigenvalue weighted by Crippen LogP contribution is -2.25. The number of rotatable bonds is 8. The Kier molecular flexibility index (Phi) is 7.84. The van der Waals surface area contributed by atoms with Crippen molar-refractivity contribution in [3.8, 4) is 22.7 Å². The summed E-state index contributed by atoms with van der Waals surface area (Å²) < 4.78 is 6.62. The molecular formula is C26H20Cl3N3O4. The highest BCUT2D eigenvalue weighted by Gasteiger charge is 2.27. The zero-order valence-electron chi connectivity index (χ0n) is 19.0. The molecule has 36 heavy (non-hydrogen) atoms.